The van der Waals surface area contributed by atoms with E-state index in [-0.39, 0.29) is 0 Å². The van der Waals surface area contributed by atoms with Crippen LogP contribution in [0.5, 0.6) is 0 Å². The number of nitrogens with zero attached hydrogens (tertiary/aromatic N) is 2. The zero-order valence-corrected chi connectivity index (χ0v) is 14.9. The Balaban J connectivity index is 1.87. The van der Waals surface area contributed by atoms with Crippen molar-refractivity contribution >= 4 is 31.4 Å². The van der Waals surface area contributed by atoms with Gasteiger partial charge in [-0.2, -0.15) is 0 Å². The zero-order chi connectivity index (χ0) is 17.8. The van der Waals surface area contributed by atoms with Gasteiger partial charge in [-0.25, -0.2) is 4.99 Å². The van der Waals surface area contributed by atoms with Gasteiger partial charge in [0.25, 0.3) is 0 Å². The third-order valence-corrected chi connectivity index (χ3v) is 6.04. The van der Waals surface area contributed by atoms with E-state index in [0.29, 0.717) is 5.17 Å². The highest BCUT2D eigenvalue weighted by Gasteiger charge is 2.26. The monoisotopic (exact) mass is 358 g/mol. The largest absolute Gasteiger partial charge is 0.294 e. The van der Waals surface area contributed by atoms with Gasteiger partial charge in [0.05, 0.1) is 15.2 Å². The highest BCUT2D eigenvalue weighted by atomic mass is 32.2. The molecule has 0 radical (unpaired) electrons. The lowest BCUT2D eigenvalue weighted by Crippen LogP contribution is -2.27. The fraction of sp³-hybridized carbons (Fsp3) is 0. The average Bonchev–Trinajstić information content (AvgIpc) is 3.00. The maximum Gasteiger partial charge on any atom is 0.200 e. The second-order valence-corrected chi connectivity index (χ2v) is 8.06. The van der Waals surface area contributed by atoms with Crippen LogP contribution in [0.4, 0.5) is 11.4 Å². The van der Waals surface area contributed by atoms with Gasteiger partial charge in [-0.15, -0.1) is 0 Å². The molecule has 4 heteroatoms. The normalized spacial score (nSPS) is 20.5. The molecule has 0 amide bonds. The number of anilines is 1. The predicted octanol–water partition coefficient (Wildman–Crippen LogP) is 4.80. The Morgan fingerprint density at radius 2 is 1.35 bits per heavy atom. The van der Waals surface area contributed by atoms with Crippen LogP contribution in [0.3, 0.4) is 0 Å². The molecule has 3 aromatic rings. The van der Waals surface area contributed by atoms with E-state index >= 15 is 0 Å². The SMILES string of the molecule is O=S1(=Cc2ccccc2)C=CN(c2ccccc2)C1=Nc1ccccc1. The van der Waals surface area contributed by atoms with Crippen molar-refractivity contribution in [2.75, 3.05) is 4.90 Å². The van der Waals surface area contributed by atoms with Gasteiger partial charge in [0.1, 0.15) is 0 Å². The summed E-state index contributed by atoms with van der Waals surface area (Å²) in [5.41, 5.74) is 2.63. The summed E-state index contributed by atoms with van der Waals surface area (Å²) in [4.78, 5) is 6.64. The van der Waals surface area contributed by atoms with E-state index in [9.17, 15) is 4.21 Å². The molecule has 0 spiro atoms. The van der Waals surface area contributed by atoms with E-state index in [2.05, 4.69) is 0 Å². The second-order valence-electron chi connectivity index (χ2n) is 5.90. The number of benzene rings is 3. The van der Waals surface area contributed by atoms with Crippen LogP contribution in [-0.4, -0.2) is 14.7 Å². The van der Waals surface area contributed by atoms with Crippen LogP contribution in [-0.2, 0) is 9.52 Å². The molecule has 26 heavy (non-hydrogen) atoms. The Hall–Kier alpha value is -3.11. The van der Waals surface area contributed by atoms with Gasteiger partial charge in [0.2, 0.25) is 0 Å². The summed E-state index contributed by atoms with van der Waals surface area (Å²) in [6.07, 6.45) is 1.85. The van der Waals surface area contributed by atoms with Crippen molar-refractivity contribution in [1.82, 2.24) is 0 Å². The maximum atomic E-state index is 13.8. The molecule has 3 aromatic carbocycles. The Morgan fingerprint density at radius 1 is 0.769 bits per heavy atom. The van der Waals surface area contributed by atoms with Crippen LogP contribution < -0.4 is 4.90 Å². The van der Waals surface area contributed by atoms with Crippen molar-refractivity contribution in [2.45, 2.75) is 0 Å². The molecule has 128 valence electrons. The van der Waals surface area contributed by atoms with Crippen LogP contribution in [0.2, 0.25) is 0 Å². The maximum absolute atomic E-state index is 13.8. The lowest BCUT2D eigenvalue weighted by atomic mass is 10.2. The van der Waals surface area contributed by atoms with Crippen molar-refractivity contribution in [3.8, 4) is 0 Å². The number of hydrogen-bond donors (Lipinski definition) is 0. The van der Waals surface area contributed by atoms with Crippen molar-refractivity contribution in [3.63, 3.8) is 0 Å². The van der Waals surface area contributed by atoms with E-state index in [4.69, 9.17) is 4.99 Å². The Kier molecular flexibility index (Phi) is 4.42. The van der Waals surface area contributed by atoms with E-state index in [1.165, 1.54) is 0 Å². The van der Waals surface area contributed by atoms with E-state index in [1.807, 2.05) is 102 Å². The lowest BCUT2D eigenvalue weighted by molar-refractivity contribution is 0.693. The van der Waals surface area contributed by atoms with Gasteiger partial charge in [-0.05, 0) is 29.8 Å². The molecule has 0 fully saturated rings. The molecule has 0 bridgehead atoms. The molecule has 1 aliphatic rings. The smallest absolute Gasteiger partial charge is 0.200 e. The third-order valence-electron chi connectivity index (χ3n) is 4.03. The van der Waals surface area contributed by atoms with Gasteiger partial charge < -0.3 is 0 Å². The van der Waals surface area contributed by atoms with Gasteiger partial charge in [-0.1, -0.05) is 66.7 Å². The first-order valence-corrected chi connectivity index (χ1v) is 10.0. The summed E-state index contributed by atoms with van der Waals surface area (Å²) >= 11 is 0. The Bertz CT molecular complexity index is 1060. The van der Waals surface area contributed by atoms with Crippen LogP contribution in [0.25, 0.3) is 0 Å². The first kappa shape index (κ1) is 16.4. The highest BCUT2D eigenvalue weighted by molar-refractivity contribution is 8.18. The van der Waals surface area contributed by atoms with Crippen molar-refractivity contribution in [1.29, 1.82) is 0 Å². The zero-order valence-electron chi connectivity index (χ0n) is 14.1. The number of hydrogen-bond acceptors (Lipinski definition) is 2. The summed E-state index contributed by atoms with van der Waals surface area (Å²) in [6.45, 7) is 0. The minimum Gasteiger partial charge on any atom is -0.294 e. The molecule has 1 unspecified atom stereocenters. The minimum atomic E-state index is -2.57. The Morgan fingerprint density at radius 3 is 2.00 bits per heavy atom. The Labute approximate surface area is 154 Å². The quantitative estimate of drug-likeness (QED) is 0.630. The fourth-order valence-electron chi connectivity index (χ4n) is 2.78. The molecular weight excluding hydrogens is 340 g/mol. The molecule has 4 rings (SSSR count). The van der Waals surface area contributed by atoms with E-state index in [0.717, 1.165) is 16.9 Å². The standard InChI is InChI=1S/C22H18N2OS/c25-26(18-19-10-4-1-5-11-19)17-16-24(21-14-8-3-9-15-21)22(26)23-20-12-6-2-7-13-20/h1-18H. The topological polar surface area (TPSA) is 32.7 Å². The molecule has 1 aliphatic heterocycles. The molecular formula is C22H18N2OS. The molecule has 0 aromatic heterocycles. The third kappa shape index (κ3) is 3.32. The van der Waals surface area contributed by atoms with Crippen LogP contribution in [0.15, 0.2) is 108 Å². The summed E-state index contributed by atoms with van der Waals surface area (Å²) in [5.74, 6) is 0. The second kappa shape index (κ2) is 7.02. The minimum absolute atomic E-state index is 0.527. The molecule has 0 saturated heterocycles. The van der Waals surface area contributed by atoms with Gasteiger partial charge in [0, 0.05) is 22.7 Å². The van der Waals surface area contributed by atoms with Crippen LogP contribution >= 0.6 is 0 Å². The summed E-state index contributed by atoms with van der Waals surface area (Å²) in [7, 11) is -2.57. The molecule has 3 nitrogen and oxygen atoms in total. The molecule has 1 atom stereocenters. The highest BCUT2D eigenvalue weighted by Crippen LogP contribution is 2.26. The van der Waals surface area contributed by atoms with Gasteiger partial charge in [-0.3, -0.25) is 9.11 Å². The first-order chi connectivity index (χ1) is 12.7. The van der Waals surface area contributed by atoms with Crippen molar-refractivity contribution < 1.29 is 4.21 Å². The number of amidine groups is 1. The predicted molar refractivity (Wildman–Crippen MR) is 111 cm³/mol. The number of aliphatic imine (C=N–C) groups is 1. The first-order valence-electron chi connectivity index (χ1n) is 8.35. The van der Waals surface area contributed by atoms with E-state index < -0.39 is 9.52 Å². The fourth-order valence-corrected chi connectivity index (χ4v) is 4.67. The van der Waals surface area contributed by atoms with Crippen LogP contribution in [0, 0.1) is 0 Å². The van der Waals surface area contributed by atoms with E-state index in [1.54, 1.807) is 10.8 Å². The molecule has 0 aliphatic carbocycles. The van der Waals surface area contributed by atoms with Crippen molar-refractivity contribution in [2.24, 2.45) is 4.99 Å². The average molecular weight is 358 g/mol. The molecule has 0 saturated carbocycles. The van der Waals surface area contributed by atoms with Crippen LogP contribution in [0.1, 0.15) is 5.56 Å². The summed E-state index contributed by atoms with van der Waals surface area (Å²) < 4.78 is 13.8. The van der Waals surface area contributed by atoms with Crippen molar-refractivity contribution in [3.05, 3.63) is 108 Å². The molecule has 0 N–H and O–H groups in total. The summed E-state index contributed by atoms with van der Waals surface area (Å²) in [6, 6.07) is 29.2. The molecule has 1 heterocycles. The van der Waals surface area contributed by atoms with Gasteiger partial charge >= 0.3 is 0 Å². The number of rotatable bonds is 3. The lowest BCUT2D eigenvalue weighted by Gasteiger charge is -2.18. The van der Waals surface area contributed by atoms with Gasteiger partial charge in [0.15, 0.2) is 5.17 Å². The number of para-hydroxylation sites is 2. The summed E-state index contributed by atoms with van der Waals surface area (Å²) in [5, 5.41) is 4.07.